The minimum Gasteiger partial charge on any atom is -0.379 e. The highest BCUT2D eigenvalue weighted by molar-refractivity contribution is 9.09. The maximum absolute atomic E-state index is 11.4. The number of carbonyl (C=O) groups is 1. The molecule has 1 rings (SSSR count). The summed E-state index contributed by atoms with van der Waals surface area (Å²) in [6.45, 7) is 6.47. The largest absolute Gasteiger partial charge is 0.379 e. The van der Waals surface area contributed by atoms with Crippen LogP contribution in [0.5, 0.6) is 0 Å². The van der Waals surface area contributed by atoms with Gasteiger partial charge >= 0.3 is 0 Å². The molecule has 0 aliphatic carbocycles. The molecule has 0 spiro atoms. The Balaban J connectivity index is 2.10. The predicted molar refractivity (Wildman–Crippen MR) is 59.6 cm³/mol. The highest BCUT2D eigenvalue weighted by atomic mass is 79.9. The Kier molecular flexibility index (Phi) is 4.89. The predicted octanol–water partition coefficient (Wildman–Crippen LogP) is 1.80. The van der Waals surface area contributed by atoms with Crippen molar-refractivity contribution in [3.05, 3.63) is 0 Å². The fraction of sp³-hybridized carbons (Fsp3) is 0.900. The summed E-state index contributed by atoms with van der Waals surface area (Å²) in [5.74, 6) is 0.261. The lowest BCUT2D eigenvalue weighted by molar-refractivity contribution is -0.127. The molecule has 1 amide bonds. The first-order chi connectivity index (χ1) is 6.59. The SMILES string of the molecule is CC(C)OCCCN1CC(Br)CC1=O. The van der Waals surface area contributed by atoms with E-state index in [0.717, 1.165) is 26.1 Å². The number of likely N-dealkylation sites (tertiary alicyclic amines) is 1. The van der Waals surface area contributed by atoms with Crippen molar-refractivity contribution in [2.24, 2.45) is 0 Å². The Morgan fingerprint density at radius 2 is 2.36 bits per heavy atom. The number of alkyl halides is 1. The summed E-state index contributed by atoms with van der Waals surface area (Å²) in [5.41, 5.74) is 0. The molecule has 1 atom stereocenters. The first-order valence-electron chi connectivity index (χ1n) is 5.13. The van der Waals surface area contributed by atoms with Crippen molar-refractivity contribution in [1.82, 2.24) is 4.90 Å². The molecule has 0 N–H and O–H groups in total. The molecule has 1 unspecified atom stereocenters. The highest BCUT2D eigenvalue weighted by Crippen LogP contribution is 2.17. The van der Waals surface area contributed by atoms with Gasteiger partial charge in [-0.2, -0.15) is 0 Å². The highest BCUT2D eigenvalue weighted by Gasteiger charge is 2.26. The van der Waals surface area contributed by atoms with Crippen LogP contribution in [-0.4, -0.2) is 41.4 Å². The molecule has 0 aromatic rings. The van der Waals surface area contributed by atoms with Gasteiger partial charge in [0, 0.05) is 30.9 Å². The number of carbonyl (C=O) groups excluding carboxylic acids is 1. The average Bonchev–Trinajstić information content (AvgIpc) is 2.39. The monoisotopic (exact) mass is 263 g/mol. The van der Waals surface area contributed by atoms with Gasteiger partial charge in [0.2, 0.25) is 5.91 Å². The van der Waals surface area contributed by atoms with Gasteiger partial charge in [-0.05, 0) is 20.3 Å². The molecule has 1 fully saturated rings. The third-order valence-corrected chi connectivity index (χ3v) is 2.80. The third kappa shape index (κ3) is 3.96. The zero-order valence-electron chi connectivity index (χ0n) is 8.83. The Bertz CT molecular complexity index is 197. The van der Waals surface area contributed by atoms with Gasteiger partial charge in [-0.1, -0.05) is 15.9 Å². The molecule has 1 aliphatic heterocycles. The number of hydrogen-bond acceptors (Lipinski definition) is 2. The van der Waals surface area contributed by atoms with E-state index in [1.807, 2.05) is 18.7 Å². The fourth-order valence-electron chi connectivity index (χ4n) is 1.51. The topological polar surface area (TPSA) is 29.5 Å². The number of ether oxygens (including phenoxy) is 1. The minimum atomic E-state index is 0.261. The maximum Gasteiger partial charge on any atom is 0.223 e. The van der Waals surface area contributed by atoms with Gasteiger partial charge in [0.25, 0.3) is 0 Å². The average molecular weight is 264 g/mol. The summed E-state index contributed by atoms with van der Waals surface area (Å²) in [6.07, 6.45) is 1.86. The summed E-state index contributed by atoms with van der Waals surface area (Å²) in [4.78, 5) is 13.6. The first kappa shape index (κ1) is 12.0. The zero-order chi connectivity index (χ0) is 10.6. The van der Waals surface area contributed by atoms with Crippen LogP contribution in [0.25, 0.3) is 0 Å². The van der Waals surface area contributed by atoms with E-state index in [9.17, 15) is 4.79 Å². The molecule has 3 nitrogen and oxygen atoms in total. The number of amides is 1. The van der Waals surface area contributed by atoms with Crippen LogP contribution in [0.3, 0.4) is 0 Å². The van der Waals surface area contributed by atoms with Crippen molar-refractivity contribution in [2.75, 3.05) is 19.7 Å². The number of rotatable bonds is 5. The molecule has 0 saturated carbocycles. The van der Waals surface area contributed by atoms with Crippen LogP contribution in [0.1, 0.15) is 26.7 Å². The molecule has 0 aromatic carbocycles. The second-order valence-electron chi connectivity index (χ2n) is 3.91. The van der Waals surface area contributed by atoms with E-state index in [4.69, 9.17) is 4.74 Å². The van der Waals surface area contributed by atoms with Gasteiger partial charge in [0.05, 0.1) is 6.10 Å². The third-order valence-electron chi connectivity index (χ3n) is 2.19. The zero-order valence-corrected chi connectivity index (χ0v) is 10.4. The second-order valence-corrected chi connectivity index (χ2v) is 5.21. The lowest BCUT2D eigenvalue weighted by Crippen LogP contribution is -2.27. The van der Waals surface area contributed by atoms with Gasteiger partial charge < -0.3 is 9.64 Å². The lowest BCUT2D eigenvalue weighted by Gasteiger charge is -2.16. The van der Waals surface area contributed by atoms with Gasteiger partial charge in [0.1, 0.15) is 0 Å². The van der Waals surface area contributed by atoms with Crippen molar-refractivity contribution in [3.63, 3.8) is 0 Å². The summed E-state index contributed by atoms with van der Waals surface area (Å²) in [6, 6.07) is 0. The Morgan fingerprint density at radius 1 is 1.64 bits per heavy atom. The number of nitrogens with zero attached hydrogens (tertiary/aromatic N) is 1. The van der Waals surface area contributed by atoms with Crippen molar-refractivity contribution >= 4 is 21.8 Å². The fourth-order valence-corrected chi connectivity index (χ4v) is 2.14. The molecule has 0 bridgehead atoms. The van der Waals surface area contributed by atoms with E-state index >= 15 is 0 Å². The van der Waals surface area contributed by atoms with Crippen LogP contribution in [0.15, 0.2) is 0 Å². The maximum atomic E-state index is 11.4. The molecule has 82 valence electrons. The molecule has 1 aliphatic rings. The summed E-state index contributed by atoms with van der Waals surface area (Å²) in [5, 5.41) is 0. The van der Waals surface area contributed by atoms with Crippen LogP contribution in [-0.2, 0) is 9.53 Å². The van der Waals surface area contributed by atoms with Crippen molar-refractivity contribution in [2.45, 2.75) is 37.6 Å². The minimum absolute atomic E-state index is 0.261. The van der Waals surface area contributed by atoms with Crippen LogP contribution in [0.2, 0.25) is 0 Å². The van der Waals surface area contributed by atoms with Crippen LogP contribution >= 0.6 is 15.9 Å². The smallest absolute Gasteiger partial charge is 0.223 e. The molecule has 1 heterocycles. The molecule has 4 heteroatoms. The Morgan fingerprint density at radius 3 is 2.86 bits per heavy atom. The van der Waals surface area contributed by atoms with Crippen molar-refractivity contribution in [1.29, 1.82) is 0 Å². The molecule has 1 saturated heterocycles. The van der Waals surface area contributed by atoms with E-state index in [1.165, 1.54) is 0 Å². The second kappa shape index (κ2) is 5.71. The quantitative estimate of drug-likeness (QED) is 0.559. The number of halogens is 1. The van der Waals surface area contributed by atoms with Gasteiger partial charge in [-0.25, -0.2) is 0 Å². The molecule has 14 heavy (non-hydrogen) atoms. The van der Waals surface area contributed by atoms with Gasteiger partial charge in [0.15, 0.2) is 0 Å². The lowest BCUT2D eigenvalue weighted by atomic mass is 10.4. The van der Waals surface area contributed by atoms with E-state index in [2.05, 4.69) is 15.9 Å². The summed E-state index contributed by atoms with van der Waals surface area (Å²) in [7, 11) is 0. The van der Waals surface area contributed by atoms with Crippen LogP contribution < -0.4 is 0 Å². The first-order valence-corrected chi connectivity index (χ1v) is 6.04. The van der Waals surface area contributed by atoms with Crippen LogP contribution in [0, 0.1) is 0 Å². The van der Waals surface area contributed by atoms with Gasteiger partial charge in [-0.3, -0.25) is 4.79 Å². The van der Waals surface area contributed by atoms with Crippen LogP contribution in [0.4, 0.5) is 0 Å². The van der Waals surface area contributed by atoms with Crippen molar-refractivity contribution in [3.8, 4) is 0 Å². The molecular weight excluding hydrogens is 246 g/mol. The Labute approximate surface area is 93.9 Å². The summed E-state index contributed by atoms with van der Waals surface area (Å²) < 4.78 is 5.41. The molecule has 0 aromatic heterocycles. The molecule has 0 radical (unpaired) electrons. The van der Waals surface area contributed by atoms with E-state index in [0.29, 0.717) is 11.2 Å². The van der Waals surface area contributed by atoms with Crippen molar-refractivity contribution < 1.29 is 9.53 Å². The van der Waals surface area contributed by atoms with E-state index in [1.54, 1.807) is 0 Å². The molecular formula is C10H18BrNO2. The summed E-state index contributed by atoms with van der Waals surface area (Å²) >= 11 is 3.46. The Hall–Kier alpha value is -0.0900. The standard InChI is InChI=1S/C10H18BrNO2/c1-8(2)14-5-3-4-12-7-9(11)6-10(12)13/h8-9H,3-7H2,1-2H3. The van der Waals surface area contributed by atoms with E-state index in [-0.39, 0.29) is 12.0 Å². The van der Waals surface area contributed by atoms with Gasteiger partial charge in [-0.15, -0.1) is 0 Å². The normalized spacial score (nSPS) is 22.4. The number of hydrogen-bond donors (Lipinski definition) is 0. The van der Waals surface area contributed by atoms with E-state index < -0.39 is 0 Å².